The van der Waals surface area contributed by atoms with Crippen LogP contribution in [0.3, 0.4) is 0 Å². The van der Waals surface area contributed by atoms with E-state index in [1.165, 1.54) is 12.4 Å². The second-order valence-corrected chi connectivity index (χ2v) is 3.97. The van der Waals surface area contributed by atoms with Gasteiger partial charge in [0, 0.05) is 0 Å². The summed E-state index contributed by atoms with van der Waals surface area (Å²) < 4.78 is 5.15. The monoisotopic (exact) mass is 228 g/mol. The first-order chi connectivity index (χ1) is 7.00. The normalized spacial score (nSPS) is 12.6. The molecule has 0 radical (unpaired) electrons. The van der Waals surface area contributed by atoms with Crippen molar-refractivity contribution in [1.29, 1.82) is 0 Å². The fourth-order valence-electron chi connectivity index (χ4n) is 0.806. The Labute approximate surface area is 93.6 Å². The van der Waals surface area contributed by atoms with Crippen LogP contribution in [0.1, 0.15) is 31.3 Å². The molecule has 1 heterocycles. The van der Waals surface area contributed by atoms with Crippen molar-refractivity contribution < 1.29 is 9.53 Å². The highest BCUT2D eigenvalue weighted by Gasteiger charge is 2.16. The van der Waals surface area contributed by atoms with Crippen LogP contribution in [0.4, 0.5) is 0 Å². The lowest BCUT2D eigenvalue weighted by atomic mass is 10.1. The molecule has 1 rings (SSSR count). The van der Waals surface area contributed by atoms with Crippen molar-refractivity contribution in [3.8, 4) is 0 Å². The third-order valence-electron chi connectivity index (χ3n) is 2.05. The molecule has 1 unspecified atom stereocenters. The second kappa shape index (κ2) is 5.07. The van der Waals surface area contributed by atoms with Gasteiger partial charge in [0.2, 0.25) is 0 Å². The van der Waals surface area contributed by atoms with E-state index in [-0.39, 0.29) is 22.9 Å². The fourth-order valence-corrected chi connectivity index (χ4v) is 0.953. The van der Waals surface area contributed by atoms with Crippen molar-refractivity contribution in [2.75, 3.05) is 0 Å². The standard InChI is InChI=1S/C10H13ClN2O2/c1-6(2)7(3)15-10(14)8-4-12-5-9(11)13-8/h4-7H,1-3H3. The summed E-state index contributed by atoms with van der Waals surface area (Å²) in [5, 5.41) is 0.182. The molecule has 0 spiro atoms. The average molecular weight is 229 g/mol. The number of hydrogen-bond donors (Lipinski definition) is 0. The number of carbonyl (C=O) groups is 1. The molecule has 0 aliphatic heterocycles. The van der Waals surface area contributed by atoms with Gasteiger partial charge in [-0.2, -0.15) is 0 Å². The summed E-state index contributed by atoms with van der Waals surface area (Å²) in [6.45, 7) is 5.78. The van der Waals surface area contributed by atoms with Crippen LogP contribution in [0.5, 0.6) is 0 Å². The van der Waals surface area contributed by atoms with Crippen molar-refractivity contribution in [2.45, 2.75) is 26.9 Å². The number of halogens is 1. The molecule has 1 aromatic heterocycles. The van der Waals surface area contributed by atoms with Crippen molar-refractivity contribution in [1.82, 2.24) is 9.97 Å². The van der Waals surface area contributed by atoms with Crippen molar-refractivity contribution in [3.05, 3.63) is 23.2 Å². The highest BCUT2D eigenvalue weighted by atomic mass is 35.5. The van der Waals surface area contributed by atoms with E-state index in [4.69, 9.17) is 16.3 Å². The molecule has 0 aliphatic carbocycles. The molecule has 4 nitrogen and oxygen atoms in total. The zero-order valence-corrected chi connectivity index (χ0v) is 9.65. The van der Waals surface area contributed by atoms with Gasteiger partial charge in [-0.3, -0.25) is 4.98 Å². The van der Waals surface area contributed by atoms with Gasteiger partial charge < -0.3 is 4.74 Å². The van der Waals surface area contributed by atoms with Crippen molar-refractivity contribution >= 4 is 17.6 Å². The lowest BCUT2D eigenvalue weighted by molar-refractivity contribution is 0.0230. The van der Waals surface area contributed by atoms with E-state index < -0.39 is 5.97 Å². The van der Waals surface area contributed by atoms with Gasteiger partial charge in [0.05, 0.1) is 12.4 Å². The lowest BCUT2D eigenvalue weighted by Gasteiger charge is -2.15. The minimum Gasteiger partial charge on any atom is -0.458 e. The summed E-state index contributed by atoms with van der Waals surface area (Å²) in [6.07, 6.45) is 2.55. The Morgan fingerprint density at radius 3 is 2.60 bits per heavy atom. The van der Waals surface area contributed by atoms with E-state index in [1.54, 1.807) is 0 Å². The number of carbonyl (C=O) groups excluding carboxylic acids is 1. The van der Waals surface area contributed by atoms with E-state index in [9.17, 15) is 4.79 Å². The minimum absolute atomic E-state index is 0.134. The predicted octanol–water partition coefficient (Wildman–Crippen LogP) is 2.33. The van der Waals surface area contributed by atoms with Gasteiger partial charge >= 0.3 is 5.97 Å². The van der Waals surface area contributed by atoms with Crippen LogP contribution in [0.2, 0.25) is 5.15 Å². The average Bonchev–Trinajstić information content (AvgIpc) is 2.17. The van der Waals surface area contributed by atoms with E-state index in [0.717, 1.165) is 0 Å². The third kappa shape index (κ3) is 3.47. The Morgan fingerprint density at radius 1 is 1.40 bits per heavy atom. The summed E-state index contributed by atoms with van der Waals surface area (Å²) in [5.74, 6) is -0.229. The molecular weight excluding hydrogens is 216 g/mol. The maximum atomic E-state index is 11.5. The van der Waals surface area contributed by atoms with Crippen LogP contribution in [-0.2, 0) is 4.74 Å². The summed E-state index contributed by atoms with van der Waals surface area (Å²) in [4.78, 5) is 19.1. The molecule has 0 saturated carbocycles. The Balaban J connectivity index is 2.69. The lowest BCUT2D eigenvalue weighted by Crippen LogP contribution is -2.21. The van der Waals surface area contributed by atoms with Crippen LogP contribution >= 0.6 is 11.6 Å². The summed E-state index contributed by atoms with van der Waals surface area (Å²) in [5.41, 5.74) is 0.134. The van der Waals surface area contributed by atoms with E-state index >= 15 is 0 Å². The van der Waals surface area contributed by atoms with Crippen LogP contribution < -0.4 is 0 Å². The van der Waals surface area contributed by atoms with Gasteiger partial charge in [-0.25, -0.2) is 9.78 Å². The van der Waals surface area contributed by atoms with Crippen LogP contribution in [0.15, 0.2) is 12.4 Å². The fraction of sp³-hybridized carbons (Fsp3) is 0.500. The Kier molecular flexibility index (Phi) is 4.03. The third-order valence-corrected chi connectivity index (χ3v) is 2.23. The number of nitrogens with zero attached hydrogens (tertiary/aromatic N) is 2. The first kappa shape index (κ1) is 11.9. The Bertz CT molecular complexity index is 355. The molecule has 0 bridgehead atoms. The van der Waals surface area contributed by atoms with Crippen LogP contribution in [0.25, 0.3) is 0 Å². The largest absolute Gasteiger partial charge is 0.458 e. The minimum atomic E-state index is -0.494. The van der Waals surface area contributed by atoms with Crippen molar-refractivity contribution in [2.24, 2.45) is 5.92 Å². The molecule has 0 N–H and O–H groups in total. The quantitative estimate of drug-likeness (QED) is 0.745. The van der Waals surface area contributed by atoms with Gasteiger partial charge in [0.25, 0.3) is 0 Å². The Hall–Kier alpha value is -1.16. The molecule has 5 heteroatoms. The van der Waals surface area contributed by atoms with Gasteiger partial charge in [0.1, 0.15) is 11.3 Å². The predicted molar refractivity (Wildman–Crippen MR) is 56.8 cm³/mol. The number of hydrogen-bond acceptors (Lipinski definition) is 4. The Morgan fingerprint density at radius 2 is 2.07 bits per heavy atom. The maximum absolute atomic E-state index is 11.5. The van der Waals surface area contributed by atoms with Gasteiger partial charge in [-0.05, 0) is 12.8 Å². The highest BCUT2D eigenvalue weighted by molar-refractivity contribution is 6.29. The highest BCUT2D eigenvalue weighted by Crippen LogP contribution is 2.09. The smallest absolute Gasteiger partial charge is 0.358 e. The maximum Gasteiger partial charge on any atom is 0.358 e. The molecule has 15 heavy (non-hydrogen) atoms. The first-order valence-corrected chi connectivity index (χ1v) is 5.07. The molecule has 0 aromatic carbocycles. The van der Waals surface area contributed by atoms with Crippen molar-refractivity contribution in [3.63, 3.8) is 0 Å². The molecule has 0 saturated heterocycles. The summed E-state index contributed by atoms with van der Waals surface area (Å²) >= 11 is 5.61. The van der Waals surface area contributed by atoms with Crippen LogP contribution in [-0.4, -0.2) is 22.0 Å². The summed E-state index contributed by atoms with van der Waals surface area (Å²) in [7, 11) is 0. The number of esters is 1. The van der Waals surface area contributed by atoms with Gasteiger partial charge in [-0.15, -0.1) is 0 Å². The van der Waals surface area contributed by atoms with Crippen LogP contribution in [0, 0.1) is 5.92 Å². The summed E-state index contributed by atoms with van der Waals surface area (Å²) in [6, 6.07) is 0. The van der Waals surface area contributed by atoms with E-state index in [2.05, 4.69) is 9.97 Å². The first-order valence-electron chi connectivity index (χ1n) is 4.69. The topological polar surface area (TPSA) is 52.1 Å². The number of rotatable bonds is 3. The SMILES string of the molecule is CC(C)C(C)OC(=O)c1cncc(Cl)n1. The van der Waals surface area contributed by atoms with E-state index in [1.807, 2.05) is 20.8 Å². The molecule has 0 fully saturated rings. The molecular formula is C10H13ClN2O2. The number of ether oxygens (including phenoxy) is 1. The van der Waals surface area contributed by atoms with Gasteiger partial charge in [-0.1, -0.05) is 25.4 Å². The molecule has 1 aromatic rings. The van der Waals surface area contributed by atoms with E-state index in [0.29, 0.717) is 0 Å². The zero-order valence-electron chi connectivity index (χ0n) is 8.90. The second-order valence-electron chi connectivity index (χ2n) is 3.58. The molecule has 0 aliphatic rings. The molecule has 1 atom stereocenters. The van der Waals surface area contributed by atoms with Gasteiger partial charge in [0.15, 0.2) is 5.69 Å². The zero-order chi connectivity index (χ0) is 11.4. The number of aromatic nitrogens is 2. The molecule has 0 amide bonds. The molecule has 82 valence electrons.